The molecule has 1 aromatic heterocycles. The van der Waals surface area contributed by atoms with Crippen molar-refractivity contribution in [1.82, 2.24) is 4.98 Å². The molecule has 1 heterocycles. The minimum Gasteiger partial charge on any atom is -0.322 e. The number of carbonyl (C=O) groups is 1. The highest BCUT2D eigenvalue weighted by Gasteiger charge is 2.15. The van der Waals surface area contributed by atoms with Crippen molar-refractivity contribution in [2.75, 3.05) is 10.0 Å². The lowest BCUT2D eigenvalue weighted by Gasteiger charge is -2.13. The van der Waals surface area contributed by atoms with Crippen LogP contribution in [0.4, 0.5) is 11.4 Å². The average Bonchev–Trinajstić information content (AvgIpc) is 2.66. The molecule has 0 bridgehead atoms. The van der Waals surface area contributed by atoms with Crippen molar-refractivity contribution in [3.63, 3.8) is 0 Å². The number of pyridine rings is 1. The Bertz CT molecular complexity index is 1020. The number of hydrogen-bond donors (Lipinski definition) is 2. The van der Waals surface area contributed by atoms with Gasteiger partial charge in [-0.2, -0.15) is 0 Å². The molecule has 1 amide bonds. The van der Waals surface area contributed by atoms with Crippen molar-refractivity contribution in [1.29, 1.82) is 0 Å². The van der Waals surface area contributed by atoms with Crippen molar-refractivity contribution in [3.05, 3.63) is 84.2 Å². The summed E-state index contributed by atoms with van der Waals surface area (Å²) in [6, 6.07) is 16.4. The van der Waals surface area contributed by atoms with Gasteiger partial charge in [0.2, 0.25) is 0 Å². The van der Waals surface area contributed by atoms with Crippen LogP contribution in [0, 0.1) is 6.92 Å². The first-order valence-corrected chi connectivity index (χ1v) is 9.34. The second-order valence-electron chi connectivity index (χ2n) is 5.64. The lowest BCUT2D eigenvalue weighted by Crippen LogP contribution is -2.15. The first-order valence-electron chi connectivity index (χ1n) is 7.85. The second kappa shape index (κ2) is 7.37. The molecule has 0 atom stereocenters. The van der Waals surface area contributed by atoms with Gasteiger partial charge in [-0.15, -0.1) is 0 Å². The Morgan fingerprint density at radius 3 is 2.35 bits per heavy atom. The number of nitrogens with one attached hydrogen (secondary N) is 2. The molecule has 3 rings (SSSR count). The monoisotopic (exact) mass is 367 g/mol. The van der Waals surface area contributed by atoms with Gasteiger partial charge in [-0.05, 0) is 48.9 Å². The predicted octanol–water partition coefficient (Wildman–Crippen LogP) is 3.44. The van der Waals surface area contributed by atoms with E-state index in [0.717, 1.165) is 5.56 Å². The quantitative estimate of drug-likeness (QED) is 0.723. The molecule has 0 radical (unpaired) electrons. The Morgan fingerprint density at radius 1 is 0.962 bits per heavy atom. The van der Waals surface area contributed by atoms with Crippen LogP contribution in [0.3, 0.4) is 0 Å². The maximum Gasteiger partial charge on any atom is 0.261 e. The highest BCUT2D eigenvalue weighted by molar-refractivity contribution is 7.92. The molecule has 7 heteroatoms. The Hall–Kier alpha value is -3.19. The molecule has 0 aliphatic carbocycles. The van der Waals surface area contributed by atoms with E-state index in [1.807, 2.05) is 0 Å². The Kier molecular flexibility index (Phi) is 4.99. The Balaban J connectivity index is 1.83. The van der Waals surface area contributed by atoms with Gasteiger partial charge in [0.1, 0.15) is 0 Å². The number of anilines is 2. The Labute approximate surface area is 152 Å². The van der Waals surface area contributed by atoms with Crippen LogP contribution in [-0.4, -0.2) is 19.3 Å². The molecule has 0 unspecified atom stereocenters. The third-order valence-electron chi connectivity index (χ3n) is 3.74. The minimum atomic E-state index is -3.70. The molecule has 6 nitrogen and oxygen atoms in total. The van der Waals surface area contributed by atoms with Gasteiger partial charge < -0.3 is 5.32 Å². The molecule has 0 saturated carbocycles. The van der Waals surface area contributed by atoms with E-state index in [0.29, 0.717) is 16.9 Å². The second-order valence-corrected chi connectivity index (χ2v) is 7.32. The van der Waals surface area contributed by atoms with Gasteiger partial charge in [0.25, 0.3) is 15.9 Å². The number of aromatic nitrogens is 1. The van der Waals surface area contributed by atoms with Crippen LogP contribution in [0.5, 0.6) is 0 Å². The number of nitrogens with zero attached hydrogens (tertiary/aromatic N) is 1. The molecule has 3 aromatic rings. The smallest absolute Gasteiger partial charge is 0.261 e. The van der Waals surface area contributed by atoms with Gasteiger partial charge >= 0.3 is 0 Å². The van der Waals surface area contributed by atoms with E-state index in [-0.39, 0.29) is 10.8 Å². The zero-order valence-corrected chi connectivity index (χ0v) is 14.8. The van der Waals surface area contributed by atoms with Crippen LogP contribution >= 0.6 is 0 Å². The maximum absolute atomic E-state index is 12.5. The number of sulfonamides is 1. The van der Waals surface area contributed by atoms with E-state index in [2.05, 4.69) is 15.0 Å². The maximum atomic E-state index is 12.5. The van der Waals surface area contributed by atoms with Crippen LogP contribution in [0.15, 0.2) is 78.0 Å². The summed E-state index contributed by atoms with van der Waals surface area (Å²) in [6.45, 7) is 1.79. The lowest BCUT2D eigenvalue weighted by atomic mass is 10.2. The molecule has 0 aliphatic heterocycles. The highest BCUT2D eigenvalue weighted by atomic mass is 32.2. The average molecular weight is 367 g/mol. The van der Waals surface area contributed by atoms with Gasteiger partial charge in [0, 0.05) is 23.6 Å². The van der Waals surface area contributed by atoms with Gasteiger partial charge in [-0.25, -0.2) is 8.42 Å². The molecule has 2 aromatic carbocycles. The summed E-state index contributed by atoms with van der Waals surface area (Å²) in [5.74, 6) is -0.298. The molecule has 26 heavy (non-hydrogen) atoms. The molecule has 2 N–H and O–H groups in total. The number of hydrogen-bond acceptors (Lipinski definition) is 4. The Morgan fingerprint density at radius 2 is 1.65 bits per heavy atom. The van der Waals surface area contributed by atoms with Crippen LogP contribution in [0.2, 0.25) is 0 Å². The van der Waals surface area contributed by atoms with Crippen molar-refractivity contribution in [2.45, 2.75) is 11.8 Å². The van der Waals surface area contributed by atoms with Crippen molar-refractivity contribution in [2.24, 2.45) is 0 Å². The molecule has 0 saturated heterocycles. The van der Waals surface area contributed by atoms with Crippen LogP contribution in [0.1, 0.15) is 15.9 Å². The first kappa shape index (κ1) is 17.6. The molecule has 0 aliphatic rings. The largest absolute Gasteiger partial charge is 0.322 e. The lowest BCUT2D eigenvalue weighted by molar-refractivity contribution is 0.102. The minimum absolute atomic E-state index is 0.172. The van der Waals surface area contributed by atoms with Crippen molar-refractivity contribution < 1.29 is 13.2 Å². The number of rotatable bonds is 5. The fourth-order valence-electron chi connectivity index (χ4n) is 2.32. The number of aryl methyl sites for hydroxylation is 1. The summed E-state index contributed by atoms with van der Waals surface area (Å²) in [7, 11) is -3.70. The van der Waals surface area contributed by atoms with Gasteiger partial charge in [0.15, 0.2) is 0 Å². The van der Waals surface area contributed by atoms with E-state index in [4.69, 9.17) is 0 Å². The predicted molar refractivity (Wildman–Crippen MR) is 101 cm³/mol. The van der Waals surface area contributed by atoms with E-state index < -0.39 is 10.0 Å². The molecule has 0 spiro atoms. The molecular formula is C19H17N3O3S. The third kappa shape index (κ3) is 4.07. The van der Waals surface area contributed by atoms with Gasteiger partial charge in [-0.1, -0.05) is 24.3 Å². The molecule has 132 valence electrons. The zero-order chi connectivity index (χ0) is 18.6. The SMILES string of the molecule is Cc1ccc(NC(=O)c2ccncc2)cc1NS(=O)(=O)c1ccccc1. The standard InChI is InChI=1S/C19H17N3O3S/c1-14-7-8-16(21-19(23)15-9-11-20-12-10-15)13-18(14)22-26(24,25)17-5-3-2-4-6-17/h2-13,22H,1H3,(H,21,23). The number of amides is 1. The summed E-state index contributed by atoms with van der Waals surface area (Å²) in [5, 5.41) is 2.75. The van der Waals surface area contributed by atoms with Gasteiger partial charge in [0.05, 0.1) is 10.6 Å². The van der Waals surface area contributed by atoms with E-state index in [1.165, 1.54) is 24.5 Å². The van der Waals surface area contributed by atoms with Crippen LogP contribution in [0.25, 0.3) is 0 Å². The first-order chi connectivity index (χ1) is 12.5. The van der Waals surface area contributed by atoms with Crippen LogP contribution in [-0.2, 0) is 10.0 Å². The third-order valence-corrected chi connectivity index (χ3v) is 5.12. The van der Waals surface area contributed by atoms with Crippen molar-refractivity contribution in [3.8, 4) is 0 Å². The topological polar surface area (TPSA) is 88.2 Å². The summed E-state index contributed by atoms with van der Waals surface area (Å²) in [4.78, 5) is 16.3. The van der Waals surface area contributed by atoms with E-state index >= 15 is 0 Å². The molecule has 0 fully saturated rings. The van der Waals surface area contributed by atoms with Gasteiger partial charge in [-0.3, -0.25) is 14.5 Å². The summed E-state index contributed by atoms with van der Waals surface area (Å²) in [5.41, 5.74) is 2.10. The summed E-state index contributed by atoms with van der Waals surface area (Å²) >= 11 is 0. The summed E-state index contributed by atoms with van der Waals surface area (Å²) in [6.07, 6.45) is 3.06. The fraction of sp³-hybridized carbons (Fsp3) is 0.0526. The van der Waals surface area contributed by atoms with E-state index in [1.54, 1.807) is 55.5 Å². The zero-order valence-electron chi connectivity index (χ0n) is 14.0. The highest BCUT2D eigenvalue weighted by Crippen LogP contribution is 2.24. The number of carbonyl (C=O) groups excluding carboxylic acids is 1. The van der Waals surface area contributed by atoms with Crippen LogP contribution < -0.4 is 10.0 Å². The number of benzene rings is 2. The fourth-order valence-corrected chi connectivity index (χ4v) is 3.46. The van der Waals surface area contributed by atoms with E-state index in [9.17, 15) is 13.2 Å². The molecular weight excluding hydrogens is 350 g/mol. The normalized spacial score (nSPS) is 11.0. The summed E-state index contributed by atoms with van der Waals surface area (Å²) < 4.78 is 27.6. The van der Waals surface area contributed by atoms with Crippen molar-refractivity contribution >= 4 is 27.3 Å².